The largest absolute Gasteiger partial charge is 0.461 e. The second-order valence-electron chi connectivity index (χ2n) is 5.10. The fourth-order valence-corrected chi connectivity index (χ4v) is 2.52. The van der Waals surface area contributed by atoms with E-state index in [9.17, 15) is 0 Å². The molecule has 114 valence electrons. The Hall–Kier alpha value is -2.11. The van der Waals surface area contributed by atoms with E-state index in [2.05, 4.69) is 22.0 Å². The normalized spacial score (nSPS) is 12.7. The van der Waals surface area contributed by atoms with Crippen LogP contribution in [0.5, 0.6) is 0 Å². The number of aromatic nitrogens is 2. The van der Waals surface area contributed by atoms with Gasteiger partial charge < -0.3 is 8.94 Å². The lowest BCUT2D eigenvalue weighted by molar-refractivity contribution is 0.216. The van der Waals surface area contributed by atoms with Crippen LogP contribution in [-0.4, -0.2) is 22.1 Å². The zero-order chi connectivity index (χ0) is 15.5. The van der Waals surface area contributed by atoms with Crippen molar-refractivity contribution in [1.82, 2.24) is 15.0 Å². The smallest absolute Gasteiger partial charge is 0.241 e. The molecule has 0 radical (unpaired) electrons. The van der Waals surface area contributed by atoms with Crippen LogP contribution in [0.15, 0.2) is 51.6 Å². The molecular formula is C16H16ClN3O2. The third-order valence-electron chi connectivity index (χ3n) is 3.61. The van der Waals surface area contributed by atoms with Crippen molar-refractivity contribution in [3.05, 3.63) is 59.1 Å². The Morgan fingerprint density at radius 3 is 2.77 bits per heavy atom. The number of hydrogen-bond donors (Lipinski definition) is 0. The van der Waals surface area contributed by atoms with E-state index in [1.165, 1.54) is 0 Å². The van der Waals surface area contributed by atoms with Crippen LogP contribution in [0.1, 0.15) is 24.4 Å². The van der Waals surface area contributed by atoms with Crippen molar-refractivity contribution in [1.29, 1.82) is 0 Å². The van der Waals surface area contributed by atoms with Crippen LogP contribution < -0.4 is 0 Å². The highest BCUT2D eigenvalue weighted by Gasteiger charge is 2.18. The molecule has 0 saturated carbocycles. The molecule has 1 aromatic carbocycles. The number of nitrogens with zero attached hydrogens (tertiary/aromatic N) is 3. The molecule has 0 aliphatic heterocycles. The summed E-state index contributed by atoms with van der Waals surface area (Å²) in [6, 6.07) is 11.5. The van der Waals surface area contributed by atoms with Crippen LogP contribution in [0.4, 0.5) is 0 Å². The summed E-state index contributed by atoms with van der Waals surface area (Å²) in [5, 5.41) is 4.68. The summed E-state index contributed by atoms with van der Waals surface area (Å²) in [4.78, 5) is 6.44. The highest BCUT2D eigenvalue weighted by molar-refractivity contribution is 6.31. The van der Waals surface area contributed by atoms with Crippen LogP contribution in [0.25, 0.3) is 11.6 Å². The van der Waals surface area contributed by atoms with Crippen LogP contribution in [0.2, 0.25) is 5.02 Å². The standard InChI is InChI=1S/C16H16ClN3O2/c1-11(12-6-3-4-7-13(12)17)20(2)10-15-18-16(19-22-15)14-8-5-9-21-14/h3-9,11H,10H2,1-2H3/t11-/m1/s1. The Kier molecular flexibility index (Phi) is 4.27. The molecule has 3 aromatic rings. The minimum absolute atomic E-state index is 0.132. The van der Waals surface area contributed by atoms with Gasteiger partial charge in [0, 0.05) is 11.1 Å². The summed E-state index contributed by atoms with van der Waals surface area (Å²) in [7, 11) is 1.99. The van der Waals surface area contributed by atoms with Gasteiger partial charge in [-0.05, 0) is 37.7 Å². The molecule has 0 fully saturated rings. The summed E-state index contributed by atoms with van der Waals surface area (Å²) in [5.74, 6) is 1.59. The van der Waals surface area contributed by atoms with Gasteiger partial charge in [-0.1, -0.05) is 35.0 Å². The predicted molar refractivity (Wildman–Crippen MR) is 83.3 cm³/mol. The molecule has 0 amide bonds. The Labute approximate surface area is 133 Å². The van der Waals surface area contributed by atoms with E-state index in [1.807, 2.05) is 31.3 Å². The molecule has 22 heavy (non-hydrogen) atoms. The number of hydrogen-bond acceptors (Lipinski definition) is 5. The van der Waals surface area contributed by atoms with E-state index in [0.29, 0.717) is 24.0 Å². The van der Waals surface area contributed by atoms with Crippen molar-refractivity contribution in [2.75, 3.05) is 7.05 Å². The quantitative estimate of drug-likeness (QED) is 0.706. The zero-order valence-corrected chi connectivity index (χ0v) is 13.1. The van der Waals surface area contributed by atoms with Crippen LogP contribution >= 0.6 is 11.6 Å². The number of halogens is 1. The van der Waals surface area contributed by atoms with Gasteiger partial charge in [0.1, 0.15) is 0 Å². The SMILES string of the molecule is C[C@H](c1ccccc1Cl)N(C)Cc1nc(-c2ccco2)no1. The van der Waals surface area contributed by atoms with E-state index >= 15 is 0 Å². The molecule has 0 N–H and O–H groups in total. The van der Waals surface area contributed by atoms with Crippen molar-refractivity contribution in [3.63, 3.8) is 0 Å². The van der Waals surface area contributed by atoms with Gasteiger partial charge >= 0.3 is 0 Å². The monoisotopic (exact) mass is 317 g/mol. The lowest BCUT2D eigenvalue weighted by atomic mass is 10.1. The molecular weight excluding hydrogens is 302 g/mol. The van der Waals surface area contributed by atoms with E-state index in [1.54, 1.807) is 18.4 Å². The molecule has 2 heterocycles. The molecule has 1 atom stereocenters. The molecule has 0 bridgehead atoms. The third kappa shape index (κ3) is 3.05. The van der Waals surface area contributed by atoms with Gasteiger partial charge in [0.05, 0.1) is 12.8 Å². The third-order valence-corrected chi connectivity index (χ3v) is 3.95. The van der Waals surface area contributed by atoms with Gasteiger partial charge in [0.15, 0.2) is 5.76 Å². The second-order valence-corrected chi connectivity index (χ2v) is 5.51. The minimum atomic E-state index is 0.132. The van der Waals surface area contributed by atoms with Crippen LogP contribution in [0.3, 0.4) is 0 Å². The molecule has 3 rings (SSSR count). The summed E-state index contributed by atoms with van der Waals surface area (Å²) in [6.07, 6.45) is 1.58. The molecule has 0 unspecified atom stereocenters. The lowest BCUT2D eigenvalue weighted by Gasteiger charge is -2.24. The van der Waals surface area contributed by atoms with Crippen LogP contribution in [0, 0.1) is 0 Å². The van der Waals surface area contributed by atoms with Crippen molar-refractivity contribution in [3.8, 4) is 11.6 Å². The average molecular weight is 318 g/mol. The molecule has 0 spiro atoms. The fraction of sp³-hybridized carbons (Fsp3) is 0.250. The Bertz CT molecular complexity index is 739. The van der Waals surface area contributed by atoms with Gasteiger partial charge in [0.2, 0.25) is 11.7 Å². The van der Waals surface area contributed by atoms with E-state index in [-0.39, 0.29) is 6.04 Å². The summed E-state index contributed by atoms with van der Waals surface area (Å²) in [5.41, 5.74) is 1.07. The first-order chi connectivity index (χ1) is 10.6. The van der Waals surface area contributed by atoms with Crippen molar-refractivity contribution < 1.29 is 8.94 Å². The van der Waals surface area contributed by atoms with Gasteiger partial charge in [-0.2, -0.15) is 4.98 Å². The first-order valence-electron chi connectivity index (χ1n) is 6.96. The van der Waals surface area contributed by atoms with E-state index < -0.39 is 0 Å². The second kappa shape index (κ2) is 6.34. The molecule has 0 aliphatic rings. The summed E-state index contributed by atoms with van der Waals surface area (Å²) >= 11 is 6.25. The maximum Gasteiger partial charge on any atom is 0.241 e. The van der Waals surface area contributed by atoms with Gasteiger partial charge in [0.25, 0.3) is 0 Å². The lowest BCUT2D eigenvalue weighted by Crippen LogP contribution is -2.22. The number of benzene rings is 1. The average Bonchev–Trinajstić information content (AvgIpc) is 3.17. The summed E-state index contributed by atoms with van der Waals surface area (Å²) in [6.45, 7) is 2.62. The maximum absolute atomic E-state index is 6.25. The molecule has 0 aliphatic carbocycles. The molecule has 5 nitrogen and oxygen atoms in total. The maximum atomic E-state index is 6.25. The molecule has 6 heteroatoms. The Morgan fingerprint density at radius 1 is 1.23 bits per heavy atom. The highest BCUT2D eigenvalue weighted by atomic mass is 35.5. The highest BCUT2D eigenvalue weighted by Crippen LogP contribution is 2.27. The molecule has 0 saturated heterocycles. The van der Waals surface area contributed by atoms with Gasteiger partial charge in [-0.3, -0.25) is 4.90 Å². The number of furan rings is 1. The number of rotatable bonds is 5. The Balaban J connectivity index is 1.72. The van der Waals surface area contributed by atoms with Crippen molar-refractivity contribution >= 4 is 11.6 Å². The summed E-state index contributed by atoms with van der Waals surface area (Å²) < 4.78 is 10.5. The van der Waals surface area contributed by atoms with Gasteiger partial charge in [-0.15, -0.1) is 0 Å². The van der Waals surface area contributed by atoms with E-state index in [0.717, 1.165) is 10.6 Å². The zero-order valence-electron chi connectivity index (χ0n) is 12.4. The minimum Gasteiger partial charge on any atom is -0.461 e. The van der Waals surface area contributed by atoms with Crippen LogP contribution in [-0.2, 0) is 6.54 Å². The molecule has 2 aromatic heterocycles. The first-order valence-corrected chi connectivity index (χ1v) is 7.34. The topological polar surface area (TPSA) is 55.3 Å². The van der Waals surface area contributed by atoms with Crippen molar-refractivity contribution in [2.24, 2.45) is 0 Å². The van der Waals surface area contributed by atoms with Crippen molar-refractivity contribution in [2.45, 2.75) is 19.5 Å². The predicted octanol–water partition coefficient (Wildman–Crippen LogP) is 4.18. The fourth-order valence-electron chi connectivity index (χ4n) is 2.23. The Morgan fingerprint density at radius 2 is 2.05 bits per heavy atom. The first kappa shape index (κ1) is 14.8. The van der Waals surface area contributed by atoms with E-state index in [4.69, 9.17) is 20.5 Å². The van der Waals surface area contributed by atoms with Gasteiger partial charge in [-0.25, -0.2) is 0 Å².